The number of aliphatic imine (C=N–C) groups is 1. The lowest BCUT2D eigenvalue weighted by molar-refractivity contribution is 0.336. The lowest BCUT2D eigenvalue weighted by atomic mass is 10.3. The SMILES string of the molecule is CCN(CC)S(=O)c1scc(N/C(=C/OC)C(N)=NCc2ccc(C)o2)c1O. The van der Waals surface area contributed by atoms with E-state index in [2.05, 4.69) is 10.3 Å². The number of amidine groups is 1. The molecule has 2 rings (SSSR count). The van der Waals surface area contributed by atoms with Gasteiger partial charge < -0.3 is 25.3 Å². The minimum atomic E-state index is -1.43. The summed E-state index contributed by atoms with van der Waals surface area (Å²) in [4.78, 5) is 4.29. The van der Waals surface area contributed by atoms with Gasteiger partial charge in [0.25, 0.3) is 0 Å². The molecular formula is C18H26N4O4S2. The molecule has 154 valence electrons. The number of thiophene rings is 1. The number of hydrogen-bond acceptors (Lipinski definition) is 7. The van der Waals surface area contributed by atoms with Gasteiger partial charge >= 0.3 is 0 Å². The van der Waals surface area contributed by atoms with Crippen molar-refractivity contribution < 1.29 is 18.5 Å². The number of aryl methyl sites for hydroxylation is 1. The van der Waals surface area contributed by atoms with Crippen LogP contribution in [0.1, 0.15) is 25.4 Å². The largest absolute Gasteiger partial charge is 0.504 e. The van der Waals surface area contributed by atoms with Crippen LogP contribution < -0.4 is 11.1 Å². The summed E-state index contributed by atoms with van der Waals surface area (Å²) in [5.41, 5.74) is 6.82. The summed E-state index contributed by atoms with van der Waals surface area (Å²) in [7, 11) is 0.0553. The molecule has 0 bridgehead atoms. The first-order chi connectivity index (χ1) is 13.4. The zero-order valence-electron chi connectivity index (χ0n) is 16.4. The summed E-state index contributed by atoms with van der Waals surface area (Å²) in [6.45, 7) is 7.20. The first-order valence-electron chi connectivity index (χ1n) is 8.74. The average Bonchev–Trinajstić information content (AvgIpc) is 3.26. The van der Waals surface area contributed by atoms with Crippen LogP contribution in [0.15, 0.2) is 43.1 Å². The minimum absolute atomic E-state index is 0.0771. The van der Waals surface area contributed by atoms with Crippen molar-refractivity contribution in [2.24, 2.45) is 10.7 Å². The molecule has 0 radical (unpaired) electrons. The van der Waals surface area contributed by atoms with Gasteiger partial charge in [0, 0.05) is 18.5 Å². The molecule has 10 heteroatoms. The molecule has 0 aliphatic heterocycles. The fourth-order valence-electron chi connectivity index (χ4n) is 2.36. The second kappa shape index (κ2) is 10.3. The molecule has 2 aromatic rings. The van der Waals surface area contributed by atoms with E-state index in [1.807, 2.05) is 32.9 Å². The van der Waals surface area contributed by atoms with Gasteiger partial charge in [0.2, 0.25) is 0 Å². The molecule has 28 heavy (non-hydrogen) atoms. The maximum atomic E-state index is 12.6. The van der Waals surface area contributed by atoms with Crippen molar-refractivity contribution in [1.29, 1.82) is 0 Å². The third kappa shape index (κ3) is 5.37. The Morgan fingerprint density at radius 3 is 2.75 bits per heavy atom. The highest BCUT2D eigenvalue weighted by Gasteiger charge is 2.21. The summed E-state index contributed by atoms with van der Waals surface area (Å²) >= 11 is 1.21. The second-order valence-corrected chi connectivity index (χ2v) is 8.32. The van der Waals surface area contributed by atoms with Crippen LogP contribution in [0.4, 0.5) is 5.69 Å². The Morgan fingerprint density at radius 1 is 1.46 bits per heavy atom. The van der Waals surface area contributed by atoms with Crippen molar-refractivity contribution in [1.82, 2.24) is 4.31 Å². The maximum absolute atomic E-state index is 12.6. The van der Waals surface area contributed by atoms with E-state index in [-0.39, 0.29) is 18.1 Å². The Morgan fingerprint density at radius 2 is 2.18 bits per heavy atom. The molecule has 1 unspecified atom stereocenters. The zero-order valence-corrected chi connectivity index (χ0v) is 18.0. The summed E-state index contributed by atoms with van der Waals surface area (Å²) < 4.78 is 25.3. The summed E-state index contributed by atoms with van der Waals surface area (Å²) in [5, 5.41) is 15.2. The van der Waals surface area contributed by atoms with E-state index < -0.39 is 11.0 Å². The molecule has 1 atom stereocenters. The number of methoxy groups -OCH3 is 1. The number of furan rings is 1. The number of nitrogens with zero attached hydrogens (tertiary/aromatic N) is 2. The molecule has 8 nitrogen and oxygen atoms in total. The molecule has 0 saturated carbocycles. The third-order valence-corrected chi connectivity index (χ3v) is 6.79. The van der Waals surface area contributed by atoms with E-state index in [0.29, 0.717) is 34.4 Å². The van der Waals surface area contributed by atoms with E-state index >= 15 is 0 Å². The molecule has 0 aromatic carbocycles. The second-order valence-electron chi connectivity index (χ2n) is 5.75. The van der Waals surface area contributed by atoms with Crippen molar-refractivity contribution in [2.45, 2.75) is 31.5 Å². The highest BCUT2D eigenvalue weighted by molar-refractivity contribution is 7.85. The molecule has 0 amide bonds. The van der Waals surface area contributed by atoms with Crippen LogP contribution in [0.2, 0.25) is 0 Å². The minimum Gasteiger partial charge on any atom is -0.504 e. The molecule has 0 aliphatic carbocycles. The smallest absolute Gasteiger partial charge is 0.167 e. The predicted octanol–water partition coefficient (Wildman–Crippen LogP) is 3.18. The maximum Gasteiger partial charge on any atom is 0.167 e. The molecule has 0 spiro atoms. The predicted molar refractivity (Wildman–Crippen MR) is 113 cm³/mol. The van der Waals surface area contributed by atoms with Gasteiger partial charge in [-0.05, 0) is 19.1 Å². The lowest BCUT2D eigenvalue weighted by Gasteiger charge is -2.16. The fraction of sp³-hybridized carbons (Fsp3) is 0.389. The number of hydrogen-bond donors (Lipinski definition) is 3. The topological polar surface area (TPSA) is 113 Å². The highest BCUT2D eigenvalue weighted by atomic mass is 32.2. The van der Waals surface area contributed by atoms with Crippen LogP contribution >= 0.6 is 11.3 Å². The summed E-state index contributed by atoms with van der Waals surface area (Å²) in [6, 6.07) is 3.69. The van der Waals surface area contributed by atoms with Crippen molar-refractivity contribution >= 4 is 33.8 Å². The van der Waals surface area contributed by atoms with Gasteiger partial charge in [-0.2, -0.15) is 0 Å². The lowest BCUT2D eigenvalue weighted by Crippen LogP contribution is -2.25. The Bertz CT molecular complexity index is 869. The zero-order chi connectivity index (χ0) is 20.7. The van der Waals surface area contributed by atoms with Crippen molar-refractivity contribution in [3.8, 4) is 5.75 Å². The Hall–Kier alpha value is -2.30. The van der Waals surface area contributed by atoms with Crippen LogP contribution in [0.5, 0.6) is 5.75 Å². The number of rotatable bonds is 10. The Kier molecular flexibility index (Phi) is 8.09. The van der Waals surface area contributed by atoms with Crippen LogP contribution in [0.25, 0.3) is 0 Å². The quantitative estimate of drug-likeness (QED) is 0.305. The van der Waals surface area contributed by atoms with E-state index in [9.17, 15) is 9.32 Å². The van der Waals surface area contributed by atoms with Crippen LogP contribution in [0, 0.1) is 6.92 Å². The number of ether oxygens (including phenoxy) is 1. The van der Waals surface area contributed by atoms with Gasteiger partial charge in [0.1, 0.15) is 40.3 Å². The monoisotopic (exact) mass is 426 g/mol. The van der Waals surface area contributed by atoms with Gasteiger partial charge in [-0.3, -0.25) is 4.99 Å². The molecular weight excluding hydrogens is 400 g/mol. The van der Waals surface area contributed by atoms with Gasteiger partial charge in [-0.25, -0.2) is 8.51 Å². The van der Waals surface area contributed by atoms with Crippen LogP contribution in [-0.4, -0.2) is 39.7 Å². The fourth-order valence-corrected chi connectivity index (χ4v) is 4.74. The first kappa shape index (κ1) is 22.0. The molecule has 0 aliphatic rings. The molecule has 2 aromatic heterocycles. The van der Waals surface area contributed by atoms with E-state index in [1.54, 1.807) is 9.69 Å². The normalized spacial score (nSPS) is 13.8. The molecule has 0 saturated heterocycles. The number of aromatic hydroxyl groups is 1. The Labute approximate surface area is 171 Å². The summed E-state index contributed by atoms with van der Waals surface area (Å²) in [6.07, 6.45) is 1.39. The summed E-state index contributed by atoms with van der Waals surface area (Å²) in [5.74, 6) is 1.60. The van der Waals surface area contributed by atoms with Crippen molar-refractivity contribution in [3.05, 3.63) is 41.0 Å². The van der Waals surface area contributed by atoms with Gasteiger partial charge in [0.05, 0.1) is 19.3 Å². The van der Waals surface area contributed by atoms with Gasteiger partial charge in [0.15, 0.2) is 9.96 Å². The van der Waals surface area contributed by atoms with Crippen LogP contribution in [-0.2, 0) is 22.3 Å². The Balaban J connectivity index is 2.18. The van der Waals surface area contributed by atoms with Gasteiger partial charge in [-0.15, -0.1) is 11.3 Å². The number of anilines is 1. The van der Waals surface area contributed by atoms with Crippen LogP contribution in [0.3, 0.4) is 0 Å². The molecule has 2 heterocycles. The number of nitrogens with one attached hydrogen (secondary N) is 1. The number of nitrogens with two attached hydrogens (primary N) is 1. The van der Waals surface area contributed by atoms with Gasteiger partial charge in [-0.1, -0.05) is 13.8 Å². The average molecular weight is 427 g/mol. The van der Waals surface area contributed by atoms with E-state index in [4.69, 9.17) is 14.9 Å². The standard InChI is InChI=1S/C18H26N4O4S2/c1-5-22(6-2)28(24)18-16(23)15(11-27-18)21-14(10-25-4)17(19)20-9-13-8-7-12(3)26-13/h7-8,10-11,21,23H,5-6,9H2,1-4H3,(H2,19,20)/b14-10+. The van der Waals surface area contributed by atoms with Crippen molar-refractivity contribution in [3.63, 3.8) is 0 Å². The molecule has 4 N–H and O–H groups in total. The molecule has 0 fully saturated rings. The van der Waals surface area contributed by atoms with E-state index in [0.717, 1.165) is 5.76 Å². The first-order valence-corrected chi connectivity index (χ1v) is 10.7. The highest BCUT2D eigenvalue weighted by Crippen LogP contribution is 2.38. The van der Waals surface area contributed by atoms with E-state index in [1.165, 1.54) is 24.7 Å². The third-order valence-electron chi connectivity index (χ3n) is 3.81. The van der Waals surface area contributed by atoms with Crippen molar-refractivity contribution in [2.75, 3.05) is 25.5 Å².